The van der Waals surface area contributed by atoms with E-state index >= 15 is 0 Å². The van der Waals surface area contributed by atoms with E-state index in [0.29, 0.717) is 0 Å². The van der Waals surface area contributed by atoms with Gasteiger partial charge < -0.3 is 0 Å². The number of aromatic nitrogens is 1. The molecule has 1 aromatic heterocycles. The average molecular weight is 274 g/mol. The summed E-state index contributed by atoms with van der Waals surface area (Å²) < 4.78 is 34.3. The molecule has 3 nitrogen and oxygen atoms in total. The predicted molar refractivity (Wildman–Crippen MR) is 44.9 cm³/mol. The molecule has 1 rings (SSSR count). The lowest BCUT2D eigenvalue weighted by molar-refractivity contribution is 0.568. The van der Waals surface area contributed by atoms with E-state index in [1.165, 1.54) is 0 Å². The fourth-order valence-electron chi connectivity index (χ4n) is 0.571. The molecule has 12 heavy (non-hydrogen) atoms. The van der Waals surface area contributed by atoms with Gasteiger partial charge in [-0.15, -0.1) is 0 Å². The van der Waals surface area contributed by atoms with Gasteiger partial charge in [0, 0.05) is 23.1 Å². The molecule has 0 saturated carbocycles. The minimum absolute atomic E-state index is 0.0378. The van der Waals surface area contributed by atoms with Crippen molar-refractivity contribution in [1.82, 2.24) is 4.98 Å². The van der Waals surface area contributed by atoms with Gasteiger partial charge in [0.1, 0.15) is 4.90 Å². The van der Waals surface area contributed by atoms with Crippen LogP contribution in [0.25, 0.3) is 0 Å². The number of hydrogen-bond acceptors (Lipinski definition) is 3. The van der Waals surface area contributed by atoms with Crippen LogP contribution in [0.1, 0.15) is 0 Å². The second-order valence-electron chi connectivity index (χ2n) is 1.87. The number of rotatable bonds is 1. The number of pyridine rings is 1. The minimum Gasteiger partial charge on any atom is -0.262 e. The van der Waals surface area contributed by atoms with Crippen molar-refractivity contribution in [2.75, 3.05) is 0 Å². The van der Waals surface area contributed by atoms with Gasteiger partial charge in [-0.1, -0.05) is 0 Å². The van der Waals surface area contributed by atoms with Gasteiger partial charge in [-0.2, -0.15) is 0 Å². The van der Waals surface area contributed by atoms with Gasteiger partial charge in [0.25, 0.3) is 9.05 Å². The smallest absolute Gasteiger partial charge is 0.262 e. The molecule has 1 heterocycles. The van der Waals surface area contributed by atoms with Crippen molar-refractivity contribution in [2.24, 2.45) is 0 Å². The van der Waals surface area contributed by atoms with Crippen LogP contribution < -0.4 is 0 Å². The maximum atomic E-state index is 12.9. The molecule has 0 saturated heterocycles. The summed E-state index contributed by atoms with van der Waals surface area (Å²) in [6.45, 7) is 0. The van der Waals surface area contributed by atoms with Gasteiger partial charge >= 0.3 is 0 Å². The van der Waals surface area contributed by atoms with Crippen LogP contribution >= 0.6 is 26.6 Å². The molecule has 66 valence electrons. The topological polar surface area (TPSA) is 47.0 Å². The molecule has 7 heteroatoms. The zero-order valence-corrected chi connectivity index (χ0v) is 8.62. The molecule has 0 bridgehead atoms. The Morgan fingerprint density at radius 2 is 2.08 bits per heavy atom. The zero-order chi connectivity index (χ0) is 9.35. The molecule has 0 amide bonds. The second-order valence-corrected chi connectivity index (χ2v) is 5.26. The molecule has 1 aromatic rings. The molecule has 0 aliphatic rings. The Bertz CT molecular complexity index is 408. The van der Waals surface area contributed by atoms with E-state index in [2.05, 4.69) is 20.9 Å². The van der Waals surface area contributed by atoms with Crippen molar-refractivity contribution in [3.05, 3.63) is 22.7 Å². The first-order chi connectivity index (χ1) is 5.43. The summed E-state index contributed by atoms with van der Waals surface area (Å²) in [5, 5.41) is 0. The number of nitrogens with zero attached hydrogens (tertiary/aromatic N) is 1. The van der Waals surface area contributed by atoms with Crippen molar-refractivity contribution in [3.8, 4) is 0 Å². The fourth-order valence-corrected chi connectivity index (χ4v) is 1.87. The minimum atomic E-state index is -4.05. The molecule has 0 aliphatic heterocycles. The summed E-state index contributed by atoms with van der Waals surface area (Å²) in [7, 11) is 0.856. The van der Waals surface area contributed by atoms with E-state index in [9.17, 15) is 12.8 Å². The number of hydrogen-bond donors (Lipinski definition) is 0. The van der Waals surface area contributed by atoms with Crippen LogP contribution in [0.4, 0.5) is 4.39 Å². The molecular weight excluding hydrogens is 272 g/mol. The van der Waals surface area contributed by atoms with E-state index in [4.69, 9.17) is 10.7 Å². The molecular formula is C5H2BrClFNO2S. The predicted octanol–water partition coefficient (Wildman–Crippen LogP) is 1.91. The summed E-state index contributed by atoms with van der Waals surface area (Å²) in [6.07, 6.45) is 1.99. The quantitative estimate of drug-likeness (QED) is 0.735. The van der Waals surface area contributed by atoms with Crippen LogP contribution in [0.3, 0.4) is 0 Å². The van der Waals surface area contributed by atoms with Crippen LogP contribution in [0, 0.1) is 5.82 Å². The largest absolute Gasteiger partial charge is 0.265 e. The Balaban J connectivity index is 3.47. The first kappa shape index (κ1) is 9.88. The van der Waals surface area contributed by atoms with E-state index in [1.807, 2.05) is 0 Å². The third-order valence-corrected chi connectivity index (χ3v) is 2.93. The maximum absolute atomic E-state index is 12.9. The third kappa shape index (κ3) is 1.94. The Morgan fingerprint density at radius 1 is 1.50 bits per heavy atom. The highest BCUT2D eigenvalue weighted by molar-refractivity contribution is 9.10. The van der Waals surface area contributed by atoms with Crippen molar-refractivity contribution >= 4 is 35.7 Å². The van der Waals surface area contributed by atoms with Crippen molar-refractivity contribution in [1.29, 1.82) is 0 Å². The second kappa shape index (κ2) is 3.27. The van der Waals surface area contributed by atoms with Crippen LogP contribution in [0.2, 0.25) is 0 Å². The lowest BCUT2D eigenvalue weighted by atomic mass is 10.5. The summed E-state index contributed by atoms with van der Waals surface area (Å²) in [5.74, 6) is -0.931. The Morgan fingerprint density at radius 3 is 2.50 bits per heavy atom. The molecule has 0 unspecified atom stereocenters. The summed E-state index contributed by atoms with van der Waals surface area (Å²) >= 11 is 2.78. The summed E-state index contributed by atoms with van der Waals surface area (Å²) in [5.41, 5.74) is 0. The lowest BCUT2D eigenvalue weighted by Gasteiger charge is -1.98. The Labute approximate surface area is 81.1 Å². The Kier molecular flexibility index (Phi) is 2.70. The monoisotopic (exact) mass is 273 g/mol. The summed E-state index contributed by atoms with van der Waals surface area (Å²) in [6, 6.07) is 0. The SMILES string of the molecule is O=S(=O)(Cl)c1cncc(Br)c1F. The van der Waals surface area contributed by atoms with Crippen molar-refractivity contribution < 1.29 is 12.8 Å². The number of halogens is 3. The summed E-state index contributed by atoms with van der Waals surface area (Å²) in [4.78, 5) is 2.83. The van der Waals surface area contributed by atoms with E-state index < -0.39 is 19.8 Å². The van der Waals surface area contributed by atoms with Crippen molar-refractivity contribution in [3.63, 3.8) is 0 Å². The molecule has 0 aliphatic carbocycles. The third-order valence-electron chi connectivity index (χ3n) is 1.07. The van der Waals surface area contributed by atoms with Gasteiger partial charge in [-0.05, 0) is 15.9 Å². The Hall–Kier alpha value is -0.200. The van der Waals surface area contributed by atoms with E-state index in [-0.39, 0.29) is 4.47 Å². The average Bonchev–Trinajstić information content (AvgIpc) is 1.92. The molecule has 0 N–H and O–H groups in total. The normalized spacial score (nSPS) is 11.6. The van der Waals surface area contributed by atoms with Gasteiger partial charge in [-0.3, -0.25) is 4.98 Å². The highest BCUT2D eigenvalue weighted by Gasteiger charge is 2.18. The first-order valence-corrected chi connectivity index (χ1v) is 5.77. The van der Waals surface area contributed by atoms with Crippen LogP contribution in [-0.2, 0) is 9.05 Å². The lowest BCUT2D eigenvalue weighted by Crippen LogP contribution is -1.96. The zero-order valence-electron chi connectivity index (χ0n) is 5.46. The molecule has 0 aromatic carbocycles. The first-order valence-electron chi connectivity index (χ1n) is 2.66. The van der Waals surface area contributed by atoms with Crippen LogP contribution in [0.15, 0.2) is 21.8 Å². The highest BCUT2D eigenvalue weighted by atomic mass is 79.9. The fraction of sp³-hybridized carbons (Fsp3) is 0. The van der Waals surface area contributed by atoms with Crippen LogP contribution in [0.5, 0.6) is 0 Å². The van der Waals surface area contributed by atoms with E-state index in [0.717, 1.165) is 12.4 Å². The van der Waals surface area contributed by atoms with E-state index in [1.54, 1.807) is 0 Å². The maximum Gasteiger partial charge on any atom is 0.265 e. The van der Waals surface area contributed by atoms with Gasteiger partial charge in [0.2, 0.25) is 0 Å². The molecule has 0 atom stereocenters. The van der Waals surface area contributed by atoms with Gasteiger partial charge in [0.15, 0.2) is 5.82 Å². The van der Waals surface area contributed by atoms with Gasteiger partial charge in [-0.25, -0.2) is 12.8 Å². The highest BCUT2D eigenvalue weighted by Crippen LogP contribution is 2.23. The molecule has 0 spiro atoms. The molecule has 0 fully saturated rings. The standard InChI is InChI=1S/C5H2BrClFNO2S/c6-3-1-9-2-4(5(3)8)12(7,10)11/h1-2H. The van der Waals surface area contributed by atoms with Gasteiger partial charge in [0.05, 0.1) is 4.47 Å². The van der Waals surface area contributed by atoms with Crippen molar-refractivity contribution in [2.45, 2.75) is 4.90 Å². The molecule has 0 radical (unpaired) electrons. The van der Waals surface area contributed by atoms with Crippen LogP contribution in [-0.4, -0.2) is 13.4 Å².